The van der Waals surface area contributed by atoms with E-state index in [2.05, 4.69) is 15.5 Å². The van der Waals surface area contributed by atoms with Gasteiger partial charge in [-0.25, -0.2) is 14.0 Å². The zero-order valence-corrected chi connectivity index (χ0v) is 11.7. The summed E-state index contributed by atoms with van der Waals surface area (Å²) < 4.78 is 13.2. The number of rotatable bonds is 6. The van der Waals surface area contributed by atoms with Crippen molar-refractivity contribution in [3.63, 3.8) is 0 Å². The number of halogens is 1. The van der Waals surface area contributed by atoms with Crippen LogP contribution in [0.2, 0.25) is 0 Å². The molecule has 114 valence electrons. The van der Waals surface area contributed by atoms with Gasteiger partial charge in [0.2, 0.25) is 0 Å². The van der Waals surface area contributed by atoms with Gasteiger partial charge in [0.1, 0.15) is 5.82 Å². The van der Waals surface area contributed by atoms with E-state index in [0.29, 0.717) is 12.6 Å². The number of benzene rings is 1. The molecule has 0 unspecified atom stereocenters. The van der Waals surface area contributed by atoms with Gasteiger partial charge in [-0.15, -0.1) is 0 Å². The molecule has 1 fully saturated rings. The van der Waals surface area contributed by atoms with Crippen molar-refractivity contribution in [2.45, 2.75) is 18.9 Å². The van der Waals surface area contributed by atoms with Crippen LogP contribution in [0, 0.1) is 5.82 Å². The first kappa shape index (κ1) is 15.2. The molecule has 0 bridgehead atoms. The highest BCUT2D eigenvalue weighted by molar-refractivity contribution is 5.93. The molecule has 0 heterocycles. The van der Waals surface area contributed by atoms with E-state index >= 15 is 0 Å². The Morgan fingerprint density at radius 3 is 2.76 bits per heavy atom. The van der Waals surface area contributed by atoms with E-state index in [1.165, 1.54) is 18.9 Å². The predicted octanol–water partition coefficient (Wildman–Crippen LogP) is 1.74. The predicted molar refractivity (Wildman–Crippen MR) is 76.0 cm³/mol. The van der Waals surface area contributed by atoms with Gasteiger partial charge in [0.25, 0.3) is 0 Å². The Balaban J connectivity index is 1.81. The molecule has 1 saturated carbocycles. The van der Waals surface area contributed by atoms with Crippen molar-refractivity contribution in [3.8, 4) is 0 Å². The lowest BCUT2D eigenvalue weighted by molar-refractivity contribution is 0.0692. The van der Waals surface area contributed by atoms with Crippen molar-refractivity contribution in [3.05, 3.63) is 29.6 Å². The summed E-state index contributed by atoms with van der Waals surface area (Å²) in [5.74, 6) is -2.21. The van der Waals surface area contributed by atoms with Crippen LogP contribution in [0.5, 0.6) is 0 Å². The van der Waals surface area contributed by atoms with Crippen molar-refractivity contribution in [1.82, 2.24) is 10.2 Å². The van der Waals surface area contributed by atoms with Crippen LogP contribution in [0.4, 0.5) is 14.9 Å². The Morgan fingerprint density at radius 1 is 1.43 bits per heavy atom. The molecule has 21 heavy (non-hydrogen) atoms. The number of carbonyl (C=O) groups excluding carboxylic acids is 1. The Kier molecular flexibility index (Phi) is 4.74. The molecule has 0 aliphatic heterocycles. The van der Waals surface area contributed by atoms with Crippen molar-refractivity contribution >= 4 is 17.7 Å². The van der Waals surface area contributed by atoms with Gasteiger partial charge in [-0.1, -0.05) is 0 Å². The van der Waals surface area contributed by atoms with Crippen LogP contribution in [-0.4, -0.2) is 48.2 Å². The molecule has 2 amide bonds. The minimum Gasteiger partial charge on any atom is -0.478 e. The van der Waals surface area contributed by atoms with Crippen LogP contribution in [0.15, 0.2) is 18.2 Å². The van der Waals surface area contributed by atoms with Crippen LogP contribution >= 0.6 is 0 Å². The molecule has 1 aliphatic rings. The summed E-state index contributed by atoms with van der Waals surface area (Å²) in [5, 5.41) is 14.0. The summed E-state index contributed by atoms with van der Waals surface area (Å²) in [5.41, 5.74) is -0.233. The number of carbonyl (C=O) groups is 2. The number of hydrogen-bond donors (Lipinski definition) is 3. The Labute approximate surface area is 121 Å². The van der Waals surface area contributed by atoms with Gasteiger partial charge in [0, 0.05) is 24.8 Å². The molecule has 7 heteroatoms. The molecule has 6 nitrogen and oxygen atoms in total. The molecular formula is C14H18FN3O3. The molecule has 1 aliphatic carbocycles. The Hall–Kier alpha value is -2.15. The SMILES string of the molecule is CN(CCNC(=O)Nc1ccc(F)c(C(=O)O)c1)C1CC1. The zero-order chi connectivity index (χ0) is 15.4. The van der Waals surface area contributed by atoms with E-state index in [4.69, 9.17) is 5.11 Å². The van der Waals surface area contributed by atoms with Crippen LogP contribution in [0.1, 0.15) is 23.2 Å². The van der Waals surface area contributed by atoms with Crippen molar-refractivity contribution in [1.29, 1.82) is 0 Å². The molecule has 3 N–H and O–H groups in total. The largest absolute Gasteiger partial charge is 0.478 e. The van der Waals surface area contributed by atoms with Gasteiger partial charge >= 0.3 is 12.0 Å². The van der Waals surface area contributed by atoms with Gasteiger partial charge in [0.05, 0.1) is 5.56 Å². The third kappa shape index (κ3) is 4.42. The summed E-state index contributed by atoms with van der Waals surface area (Å²) in [7, 11) is 2.01. The van der Waals surface area contributed by atoms with Gasteiger partial charge in [-0.3, -0.25) is 0 Å². The van der Waals surface area contributed by atoms with Crippen molar-refractivity contribution in [2.75, 3.05) is 25.5 Å². The maximum absolute atomic E-state index is 13.2. The summed E-state index contributed by atoms with van der Waals surface area (Å²) in [6.45, 7) is 1.24. The number of carboxylic acid groups (broad SMARTS) is 1. The lowest BCUT2D eigenvalue weighted by atomic mass is 10.2. The van der Waals surface area contributed by atoms with Crippen LogP contribution in [-0.2, 0) is 0 Å². The number of nitrogens with one attached hydrogen (secondary N) is 2. The molecule has 0 spiro atoms. The fourth-order valence-electron chi connectivity index (χ4n) is 1.99. The summed E-state index contributed by atoms with van der Waals surface area (Å²) in [6, 6.07) is 3.61. The van der Waals surface area contributed by atoms with E-state index < -0.39 is 23.4 Å². The van der Waals surface area contributed by atoms with E-state index in [1.807, 2.05) is 7.05 Å². The first-order valence-electron chi connectivity index (χ1n) is 6.75. The minimum absolute atomic E-state index is 0.238. The number of likely N-dealkylation sites (N-methyl/N-ethyl adjacent to an activating group) is 1. The summed E-state index contributed by atoms with van der Waals surface area (Å²) in [4.78, 5) is 24.6. The quantitative estimate of drug-likeness (QED) is 0.746. The molecule has 0 saturated heterocycles. The fourth-order valence-corrected chi connectivity index (χ4v) is 1.99. The number of aromatic carboxylic acids is 1. The second-order valence-electron chi connectivity index (χ2n) is 5.09. The van der Waals surface area contributed by atoms with Crippen molar-refractivity contribution < 1.29 is 19.1 Å². The molecule has 1 aromatic carbocycles. The lowest BCUT2D eigenvalue weighted by Gasteiger charge is -2.16. The standard InChI is InChI=1S/C14H18FN3O3/c1-18(10-3-4-10)7-6-16-14(21)17-9-2-5-12(15)11(8-9)13(19)20/h2,5,8,10H,3-4,6-7H2,1H3,(H,19,20)(H2,16,17,21). The number of carboxylic acids is 1. The highest BCUT2D eigenvalue weighted by atomic mass is 19.1. The monoisotopic (exact) mass is 295 g/mol. The van der Waals surface area contributed by atoms with Crippen LogP contribution < -0.4 is 10.6 Å². The maximum Gasteiger partial charge on any atom is 0.338 e. The van der Waals surface area contributed by atoms with Gasteiger partial charge in [0.15, 0.2) is 0 Å². The van der Waals surface area contributed by atoms with E-state index in [1.54, 1.807) is 0 Å². The molecule has 1 aromatic rings. The number of anilines is 1. The van der Waals surface area contributed by atoms with E-state index in [0.717, 1.165) is 18.7 Å². The molecule has 0 radical (unpaired) electrons. The first-order valence-corrected chi connectivity index (χ1v) is 6.75. The normalized spacial score (nSPS) is 14.0. The average molecular weight is 295 g/mol. The third-order valence-corrected chi connectivity index (χ3v) is 3.37. The Morgan fingerprint density at radius 2 is 2.14 bits per heavy atom. The molecular weight excluding hydrogens is 277 g/mol. The van der Waals surface area contributed by atoms with Gasteiger partial charge in [-0.05, 0) is 38.1 Å². The number of hydrogen-bond acceptors (Lipinski definition) is 3. The molecule has 0 aromatic heterocycles. The zero-order valence-electron chi connectivity index (χ0n) is 11.7. The second-order valence-corrected chi connectivity index (χ2v) is 5.09. The van der Waals surface area contributed by atoms with E-state index in [9.17, 15) is 14.0 Å². The van der Waals surface area contributed by atoms with Crippen molar-refractivity contribution in [2.24, 2.45) is 0 Å². The highest BCUT2D eigenvalue weighted by Gasteiger charge is 2.25. The average Bonchev–Trinajstić information content (AvgIpc) is 3.25. The first-order chi connectivity index (χ1) is 9.97. The van der Waals surface area contributed by atoms with Gasteiger partial charge in [-0.2, -0.15) is 0 Å². The topological polar surface area (TPSA) is 81.7 Å². The molecule has 2 rings (SSSR count). The van der Waals surface area contributed by atoms with Crippen LogP contribution in [0.3, 0.4) is 0 Å². The number of urea groups is 1. The Bertz CT molecular complexity index is 546. The second kappa shape index (κ2) is 6.53. The minimum atomic E-state index is -1.37. The third-order valence-electron chi connectivity index (χ3n) is 3.37. The number of amides is 2. The fraction of sp³-hybridized carbons (Fsp3) is 0.429. The van der Waals surface area contributed by atoms with Gasteiger partial charge < -0.3 is 20.6 Å². The maximum atomic E-state index is 13.2. The summed E-state index contributed by atoms with van der Waals surface area (Å²) >= 11 is 0. The highest BCUT2D eigenvalue weighted by Crippen LogP contribution is 2.24. The van der Waals surface area contributed by atoms with E-state index in [-0.39, 0.29) is 5.69 Å². The van der Waals surface area contributed by atoms with Crippen LogP contribution in [0.25, 0.3) is 0 Å². The smallest absolute Gasteiger partial charge is 0.338 e. The number of nitrogens with zero attached hydrogens (tertiary/aromatic N) is 1. The lowest BCUT2D eigenvalue weighted by Crippen LogP contribution is -2.36. The summed E-state index contributed by atoms with van der Waals surface area (Å²) in [6.07, 6.45) is 2.41. The molecule has 0 atom stereocenters.